The lowest BCUT2D eigenvalue weighted by Crippen LogP contribution is -2.21. The number of nitrogens with two attached hydrogens (primary N) is 1. The largest absolute Gasteiger partial charge is 0.490 e. The Hall–Kier alpha value is -2.22. The Morgan fingerprint density at radius 1 is 1.37 bits per heavy atom. The van der Waals surface area contributed by atoms with Crippen LogP contribution in [0.25, 0.3) is 0 Å². The summed E-state index contributed by atoms with van der Waals surface area (Å²) < 4.78 is 31.1. The van der Waals surface area contributed by atoms with Gasteiger partial charge in [0.05, 0.1) is 17.6 Å². The van der Waals surface area contributed by atoms with E-state index in [4.69, 9.17) is 10.5 Å². The molecule has 2 aromatic rings. The summed E-state index contributed by atoms with van der Waals surface area (Å²) in [6.45, 7) is 0.0153. The highest BCUT2D eigenvalue weighted by Gasteiger charge is 2.11. The van der Waals surface area contributed by atoms with Gasteiger partial charge in [0.25, 0.3) is 0 Å². The highest BCUT2D eigenvalue weighted by molar-refractivity contribution is 7.92. The van der Waals surface area contributed by atoms with Gasteiger partial charge in [-0.05, 0) is 12.1 Å². The molecule has 0 saturated heterocycles. The Balaban J connectivity index is 1.87. The van der Waals surface area contributed by atoms with Gasteiger partial charge in [-0.3, -0.25) is 9.82 Å². The number of benzene rings is 1. The maximum atomic E-state index is 11.7. The van der Waals surface area contributed by atoms with Crippen LogP contribution in [0.15, 0.2) is 36.7 Å². The maximum Gasteiger partial charge on any atom is 0.236 e. The van der Waals surface area contributed by atoms with Crippen molar-refractivity contribution < 1.29 is 13.2 Å². The van der Waals surface area contributed by atoms with Crippen molar-refractivity contribution in [3.05, 3.63) is 36.7 Å². The zero-order valence-electron chi connectivity index (χ0n) is 10.0. The minimum atomic E-state index is -3.46. The fourth-order valence-electron chi connectivity index (χ4n) is 1.41. The highest BCUT2D eigenvalue weighted by atomic mass is 32.2. The van der Waals surface area contributed by atoms with Gasteiger partial charge in [-0.15, -0.1) is 0 Å². The normalized spacial score (nSPS) is 11.2. The van der Waals surface area contributed by atoms with E-state index in [-0.39, 0.29) is 12.4 Å². The van der Waals surface area contributed by atoms with Crippen LogP contribution in [0.5, 0.6) is 5.75 Å². The van der Waals surface area contributed by atoms with E-state index in [0.717, 1.165) is 0 Å². The Labute approximate surface area is 110 Å². The number of anilines is 2. The van der Waals surface area contributed by atoms with Crippen LogP contribution < -0.4 is 15.2 Å². The first kappa shape index (κ1) is 13.2. The average Bonchev–Trinajstić information content (AvgIpc) is 2.83. The minimum Gasteiger partial charge on any atom is -0.490 e. The smallest absolute Gasteiger partial charge is 0.236 e. The lowest BCUT2D eigenvalue weighted by Gasteiger charge is -2.09. The number of nitrogens with zero attached hydrogens (tertiary/aromatic N) is 1. The predicted octanol–water partition coefficient (Wildman–Crippen LogP) is 0.813. The molecule has 0 atom stereocenters. The molecule has 0 radical (unpaired) electrons. The van der Waals surface area contributed by atoms with Gasteiger partial charge in [-0.1, -0.05) is 12.1 Å². The third-order valence-corrected chi connectivity index (χ3v) is 3.55. The molecule has 0 fully saturated rings. The van der Waals surface area contributed by atoms with Crippen LogP contribution in [0.1, 0.15) is 0 Å². The van der Waals surface area contributed by atoms with Crippen LogP contribution in [0.4, 0.5) is 11.4 Å². The summed E-state index contributed by atoms with van der Waals surface area (Å²) in [5.41, 5.74) is 6.54. The second kappa shape index (κ2) is 5.61. The van der Waals surface area contributed by atoms with Crippen LogP contribution in [0.3, 0.4) is 0 Å². The van der Waals surface area contributed by atoms with Crippen molar-refractivity contribution in [1.29, 1.82) is 0 Å². The lowest BCUT2D eigenvalue weighted by molar-refractivity contribution is 0.343. The van der Waals surface area contributed by atoms with E-state index in [2.05, 4.69) is 14.9 Å². The van der Waals surface area contributed by atoms with E-state index >= 15 is 0 Å². The number of nitrogen functional groups attached to an aromatic ring is 1. The molecule has 7 nitrogen and oxygen atoms in total. The molecule has 0 saturated carbocycles. The Morgan fingerprint density at radius 3 is 2.84 bits per heavy atom. The molecular weight excluding hydrogens is 268 g/mol. The van der Waals surface area contributed by atoms with Gasteiger partial charge in [0, 0.05) is 6.20 Å². The van der Waals surface area contributed by atoms with Crippen molar-refractivity contribution in [3.8, 4) is 5.75 Å². The van der Waals surface area contributed by atoms with E-state index in [1.54, 1.807) is 24.3 Å². The zero-order valence-corrected chi connectivity index (χ0v) is 10.9. The third kappa shape index (κ3) is 3.88. The molecule has 102 valence electrons. The maximum absolute atomic E-state index is 11.7. The summed E-state index contributed by atoms with van der Waals surface area (Å²) in [6.07, 6.45) is 2.83. The first-order valence-electron chi connectivity index (χ1n) is 5.53. The minimum absolute atomic E-state index is 0.0153. The number of nitrogens with one attached hydrogen (secondary N) is 2. The van der Waals surface area contributed by atoms with Gasteiger partial charge in [-0.25, -0.2) is 8.42 Å². The molecule has 1 heterocycles. The predicted molar refractivity (Wildman–Crippen MR) is 72.3 cm³/mol. The molecule has 2 rings (SSSR count). The molecule has 0 aliphatic carbocycles. The van der Waals surface area contributed by atoms with Crippen LogP contribution in [-0.4, -0.2) is 31.0 Å². The van der Waals surface area contributed by atoms with Crippen molar-refractivity contribution in [2.75, 3.05) is 22.8 Å². The van der Waals surface area contributed by atoms with Gasteiger partial charge in [0.1, 0.15) is 18.1 Å². The van der Waals surface area contributed by atoms with Crippen molar-refractivity contribution in [1.82, 2.24) is 10.2 Å². The summed E-state index contributed by atoms with van der Waals surface area (Å²) in [4.78, 5) is 0. The molecule has 0 amide bonds. The van der Waals surface area contributed by atoms with Crippen molar-refractivity contribution in [2.45, 2.75) is 0 Å². The van der Waals surface area contributed by atoms with E-state index in [9.17, 15) is 8.42 Å². The molecule has 8 heteroatoms. The van der Waals surface area contributed by atoms with Gasteiger partial charge in [0.15, 0.2) is 0 Å². The fourth-order valence-corrected chi connectivity index (χ4v) is 2.29. The number of aromatic amines is 1. The molecule has 0 unspecified atom stereocenters. The van der Waals surface area contributed by atoms with Gasteiger partial charge in [-0.2, -0.15) is 5.10 Å². The Bertz CT molecular complexity index is 625. The molecule has 1 aromatic heterocycles. The lowest BCUT2D eigenvalue weighted by atomic mass is 10.3. The topological polar surface area (TPSA) is 110 Å². The van der Waals surface area contributed by atoms with E-state index in [0.29, 0.717) is 17.1 Å². The molecule has 0 aliphatic heterocycles. The third-order valence-electron chi connectivity index (χ3n) is 2.30. The van der Waals surface area contributed by atoms with Crippen molar-refractivity contribution >= 4 is 21.4 Å². The van der Waals surface area contributed by atoms with Gasteiger partial charge in [0.2, 0.25) is 10.0 Å². The van der Waals surface area contributed by atoms with Crippen LogP contribution in [0.2, 0.25) is 0 Å². The first-order valence-corrected chi connectivity index (χ1v) is 7.19. The number of para-hydroxylation sites is 2. The molecule has 0 aliphatic rings. The highest BCUT2D eigenvalue weighted by Crippen LogP contribution is 2.19. The zero-order chi connectivity index (χ0) is 13.7. The molecule has 4 N–H and O–H groups in total. The molecule has 0 bridgehead atoms. The fraction of sp³-hybridized carbons (Fsp3) is 0.182. The SMILES string of the molecule is Nc1ccccc1OCCS(=O)(=O)Nc1cn[nH]c1. The quantitative estimate of drug-likeness (QED) is 0.679. The number of sulfonamides is 1. The van der Waals surface area contributed by atoms with Crippen molar-refractivity contribution in [2.24, 2.45) is 0 Å². The number of H-pyrrole nitrogens is 1. The van der Waals surface area contributed by atoms with Crippen LogP contribution in [-0.2, 0) is 10.0 Å². The first-order chi connectivity index (χ1) is 9.07. The molecular formula is C11H14N4O3S. The molecule has 1 aromatic carbocycles. The number of hydrogen-bond donors (Lipinski definition) is 3. The number of ether oxygens (including phenoxy) is 1. The standard InChI is InChI=1S/C11H14N4O3S/c12-10-3-1-2-4-11(10)18-5-6-19(16,17)15-9-7-13-14-8-9/h1-4,7-8,15H,5-6,12H2,(H,13,14). The molecule has 0 spiro atoms. The van der Waals surface area contributed by atoms with Gasteiger partial charge < -0.3 is 10.5 Å². The van der Waals surface area contributed by atoms with Gasteiger partial charge >= 0.3 is 0 Å². The monoisotopic (exact) mass is 282 g/mol. The summed E-state index contributed by atoms with van der Waals surface area (Å²) in [7, 11) is -3.46. The number of hydrogen-bond acceptors (Lipinski definition) is 5. The summed E-state index contributed by atoms with van der Waals surface area (Å²) in [5, 5.41) is 6.16. The van der Waals surface area contributed by atoms with Crippen LogP contribution in [0, 0.1) is 0 Å². The van der Waals surface area contributed by atoms with Crippen LogP contribution >= 0.6 is 0 Å². The second-order valence-corrected chi connectivity index (χ2v) is 5.64. The number of aromatic nitrogens is 2. The van der Waals surface area contributed by atoms with E-state index < -0.39 is 10.0 Å². The summed E-state index contributed by atoms with van der Waals surface area (Å²) >= 11 is 0. The molecule has 19 heavy (non-hydrogen) atoms. The van der Waals surface area contributed by atoms with E-state index in [1.165, 1.54) is 12.4 Å². The van der Waals surface area contributed by atoms with E-state index in [1.807, 2.05) is 0 Å². The summed E-state index contributed by atoms with van der Waals surface area (Å²) in [6, 6.07) is 6.92. The summed E-state index contributed by atoms with van der Waals surface area (Å²) in [5.74, 6) is 0.299. The Kier molecular flexibility index (Phi) is 3.91. The Morgan fingerprint density at radius 2 is 2.16 bits per heavy atom. The second-order valence-electron chi connectivity index (χ2n) is 3.79. The average molecular weight is 282 g/mol. The number of rotatable bonds is 6. The van der Waals surface area contributed by atoms with Crippen molar-refractivity contribution in [3.63, 3.8) is 0 Å².